The molecule has 0 bridgehead atoms. The second-order valence-corrected chi connectivity index (χ2v) is 6.97. The molecule has 1 aromatic carbocycles. The largest absolute Gasteiger partial charge is 0.383 e. The number of nitrogens with one attached hydrogen (secondary N) is 2. The molecule has 2 rings (SSSR count). The normalized spacial score (nSPS) is 10.6. The maximum absolute atomic E-state index is 13.5. The zero-order valence-corrected chi connectivity index (χ0v) is 14.9. The van der Waals surface area contributed by atoms with Gasteiger partial charge in [-0.3, -0.25) is 4.79 Å². The third-order valence-corrected chi connectivity index (χ3v) is 5.00. The third kappa shape index (κ3) is 6.42. The Morgan fingerprint density at radius 3 is 2.96 bits per heavy atom. The average Bonchev–Trinajstić information content (AvgIpc) is 3.03. The third-order valence-electron chi connectivity index (χ3n) is 2.99. The highest BCUT2D eigenvalue weighted by atomic mass is 32.2. The van der Waals surface area contributed by atoms with Crippen molar-refractivity contribution >= 4 is 34.1 Å². The first kappa shape index (κ1) is 18.6. The summed E-state index contributed by atoms with van der Waals surface area (Å²) in [5.74, 6) is -0.104. The number of rotatable bonds is 10. The molecule has 0 unspecified atom stereocenters. The molecule has 24 heavy (non-hydrogen) atoms. The highest BCUT2D eigenvalue weighted by Crippen LogP contribution is 2.24. The quantitative estimate of drug-likeness (QED) is 0.493. The lowest BCUT2D eigenvalue weighted by Crippen LogP contribution is -2.27. The van der Waals surface area contributed by atoms with Gasteiger partial charge in [0.2, 0.25) is 11.0 Å². The Morgan fingerprint density at radius 2 is 2.17 bits per heavy atom. The number of carbonyl (C=O) groups excluding carboxylic acids is 1. The minimum Gasteiger partial charge on any atom is -0.383 e. The molecule has 0 radical (unpaired) electrons. The first-order valence-corrected chi connectivity index (χ1v) is 9.18. The van der Waals surface area contributed by atoms with E-state index in [9.17, 15) is 9.18 Å². The van der Waals surface area contributed by atoms with Crippen LogP contribution in [-0.4, -0.2) is 48.7 Å². The van der Waals surface area contributed by atoms with Crippen LogP contribution < -0.4 is 10.6 Å². The molecule has 2 aromatic rings. The number of carbonyl (C=O) groups is 1. The predicted octanol–water partition coefficient (Wildman–Crippen LogP) is 2.19. The first-order valence-electron chi connectivity index (χ1n) is 7.38. The molecule has 2 N–H and O–H groups in total. The maximum atomic E-state index is 13.5. The highest BCUT2D eigenvalue weighted by molar-refractivity contribution is 8.01. The standard InChI is InChI=1S/C15H19FN4O2S2/c1-22-9-8-18-14-19-20-15(24-14)23-10-13(21)17-7-6-11-4-2-3-5-12(11)16/h2-5H,6-10H2,1H3,(H,17,21)(H,18,19). The molecule has 0 aliphatic carbocycles. The van der Waals surface area contributed by atoms with Crippen molar-refractivity contribution in [2.24, 2.45) is 0 Å². The van der Waals surface area contributed by atoms with Gasteiger partial charge in [0, 0.05) is 20.2 Å². The number of hydrogen-bond donors (Lipinski definition) is 2. The molecule has 0 aliphatic rings. The molecule has 0 aliphatic heterocycles. The molecule has 9 heteroatoms. The lowest BCUT2D eigenvalue weighted by atomic mass is 10.1. The van der Waals surface area contributed by atoms with Crippen molar-refractivity contribution in [2.75, 3.05) is 37.9 Å². The van der Waals surface area contributed by atoms with Gasteiger partial charge in [-0.2, -0.15) is 0 Å². The van der Waals surface area contributed by atoms with Gasteiger partial charge in [0.25, 0.3) is 0 Å². The Balaban J connectivity index is 1.65. The highest BCUT2D eigenvalue weighted by Gasteiger charge is 2.08. The number of halogens is 1. The van der Waals surface area contributed by atoms with Gasteiger partial charge in [-0.1, -0.05) is 41.3 Å². The van der Waals surface area contributed by atoms with Crippen LogP contribution in [0.3, 0.4) is 0 Å². The van der Waals surface area contributed by atoms with E-state index in [0.29, 0.717) is 36.8 Å². The fourth-order valence-electron chi connectivity index (χ4n) is 1.82. The van der Waals surface area contributed by atoms with Gasteiger partial charge in [0.15, 0.2) is 4.34 Å². The van der Waals surface area contributed by atoms with Crippen molar-refractivity contribution in [3.63, 3.8) is 0 Å². The number of thioether (sulfide) groups is 1. The molecular formula is C15H19FN4O2S2. The van der Waals surface area contributed by atoms with E-state index in [2.05, 4.69) is 20.8 Å². The van der Waals surface area contributed by atoms with E-state index < -0.39 is 0 Å². The van der Waals surface area contributed by atoms with E-state index in [1.54, 1.807) is 25.3 Å². The number of aromatic nitrogens is 2. The van der Waals surface area contributed by atoms with Crippen molar-refractivity contribution in [3.8, 4) is 0 Å². The number of ether oxygens (including phenoxy) is 1. The Morgan fingerprint density at radius 1 is 1.33 bits per heavy atom. The number of amides is 1. The van der Waals surface area contributed by atoms with Gasteiger partial charge in [0.05, 0.1) is 12.4 Å². The fourth-order valence-corrected chi connectivity index (χ4v) is 3.42. The summed E-state index contributed by atoms with van der Waals surface area (Å²) in [6.45, 7) is 1.65. The van der Waals surface area contributed by atoms with Crippen molar-refractivity contribution in [1.29, 1.82) is 0 Å². The summed E-state index contributed by atoms with van der Waals surface area (Å²) in [6.07, 6.45) is 0.468. The van der Waals surface area contributed by atoms with Crippen molar-refractivity contribution in [3.05, 3.63) is 35.6 Å². The molecule has 130 valence electrons. The summed E-state index contributed by atoms with van der Waals surface area (Å²) in [4.78, 5) is 11.8. The van der Waals surface area contributed by atoms with E-state index in [4.69, 9.17) is 4.74 Å². The van der Waals surface area contributed by atoms with Crippen molar-refractivity contribution in [1.82, 2.24) is 15.5 Å². The Labute approximate surface area is 148 Å². The summed E-state index contributed by atoms with van der Waals surface area (Å²) >= 11 is 2.72. The van der Waals surface area contributed by atoms with Crippen LogP contribution in [-0.2, 0) is 16.0 Å². The van der Waals surface area contributed by atoms with Gasteiger partial charge in [-0.05, 0) is 18.1 Å². The summed E-state index contributed by atoms with van der Waals surface area (Å²) in [5.41, 5.74) is 0.598. The van der Waals surface area contributed by atoms with Gasteiger partial charge in [0.1, 0.15) is 5.82 Å². The Bertz CT molecular complexity index is 654. The van der Waals surface area contributed by atoms with Crippen LogP contribution >= 0.6 is 23.1 Å². The number of benzene rings is 1. The van der Waals surface area contributed by atoms with Crippen molar-refractivity contribution < 1.29 is 13.9 Å². The Kier molecular flexibility index (Phi) is 7.93. The molecule has 1 amide bonds. The number of methoxy groups -OCH3 is 1. The van der Waals surface area contributed by atoms with E-state index in [-0.39, 0.29) is 17.5 Å². The van der Waals surface area contributed by atoms with Crippen molar-refractivity contribution in [2.45, 2.75) is 10.8 Å². The monoisotopic (exact) mass is 370 g/mol. The van der Waals surface area contributed by atoms with Crippen LogP contribution in [0.1, 0.15) is 5.56 Å². The van der Waals surface area contributed by atoms with E-state index in [1.165, 1.54) is 29.2 Å². The predicted molar refractivity (Wildman–Crippen MR) is 94.1 cm³/mol. The van der Waals surface area contributed by atoms with Gasteiger partial charge in [-0.25, -0.2) is 4.39 Å². The van der Waals surface area contributed by atoms with Gasteiger partial charge >= 0.3 is 0 Å². The van der Waals surface area contributed by atoms with Crippen LogP contribution in [0.15, 0.2) is 28.6 Å². The molecule has 0 atom stereocenters. The molecule has 1 aromatic heterocycles. The van der Waals surface area contributed by atoms with Crippen LogP contribution in [0.5, 0.6) is 0 Å². The van der Waals surface area contributed by atoms with Gasteiger partial charge < -0.3 is 15.4 Å². The topological polar surface area (TPSA) is 76.1 Å². The summed E-state index contributed by atoms with van der Waals surface area (Å²) < 4.78 is 19.1. The van der Waals surface area contributed by atoms with Crippen LogP contribution in [0.25, 0.3) is 0 Å². The first-order chi connectivity index (χ1) is 11.7. The zero-order valence-electron chi connectivity index (χ0n) is 13.3. The minimum absolute atomic E-state index is 0.111. The average molecular weight is 370 g/mol. The molecular weight excluding hydrogens is 351 g/mol. The molecule has 0 fully saturated rings. The molecule has 6 nitrogen and oxygen atoms in total. The molecule has 0 saturated heterocycles. The number of hydrogen-bond acceptors (Lipinski definition) is 7. The lowest BCUT2D eigenvalue weighted by Gasteiger charge is -2.05. The van der Waals surface area contributed by atoms with Crippen LogP contribution in [0.2, 0.25) is 0 Å². The SMILES string of the molecule is COCCNc1nnc(SCC(=O)NCCc2ccccc2F)s1. The van der Waals surface area contributed by atoms with Gasteiger partial charge in [-0.15, -0.1) is 10.2 Å². The smallest absolute Gasteiger partial charge is 0.230 e. The molecule has 1 heterocycles. The van der Waals surface area contributed by atoms with Crippen LogP contribution in [0.4, 0.5) is 9.52 Å². The fraction of sp³-hybridized carbons (Fsp3) is 0.400. The Hall–Kier alpha value is -1.71. The lowest BCUT2D eigenvalue weighted by molar-refractivity contribution is -0.118. The maximum Gasteiger partial charge on any atom is 0.230 e. The second-order valence-electron chi connectivity index (χ2n) is 4.77. The van der Waals surface area contributed by atoms with E-state index in [1.807, 2.05) is 0 Å². The summed E-state index contributed by atoms with van der Waals surface area (Å²) in [7, 11) is 1.63. The van der Waals surface area contributed by atoms with Crippen LogP contribution in [0, 0.1) is 5.82 Å². The summed E-state index contributed by atoms with van der Waals surface area (Å²) in [6, 6.07) is 6.56. The van der Waals surface area contributed by atoms with E-state index in [0.717, 1.165) is 4.34 Å². The second kappa shape index (κ2) is 10.2. The number of anilines is 1. The summed E-state index contributed by atoms with van der Waals surface area (Å²) in [5, 5.41) is 14.6. The number of nitrogens with zero attached hydrogens (tertiary/aromatic N) is 2. The molecule has 0 saturated carbocycles. The molecule has 0 spiro atoms. The zero-order chi connectivity index (χ0) is 17.2. The van der Waals surface area contributed by atoms with E-state index >= 15 is 0 Å². The minimum atomic E-state index is -0.247.